The number of anilines is 3. The van der Waals surface area contributed by atoms with Gasteiger partial charge in [0.1, 0.15) is 0 Å². The predicted molar refractivity (Wildman–Crippen MR) is 156 cm³/mol. The Balaban J connectivity index is 1.67. The van der Waals surface area contributed by atoms with Crippen LogP contribution in [-0.4, -0.2) is 54.9 Å². The number of ether oxygens (including phenoxy) is 1. The van der Waals surface area contributed by atoms with Crippen molar-refractivity contribution in [2.24, 2.45) is 0 Å². The lowest BCUT2D eigenvalue weighted by molar-refractivity contribution is -0.384. The Morgan fingerprint density at radius 1 is 1.18 bits per heavy atom. The van der Waals surface area contributed by atoms with Gasteiger partial charge in [-0.3, -0.25) is 19.5 Å². The fraction of sp³-hybridized carbons (Fsp3) is 0.370. The fourth-order valence-electron chi connectivity index (χ4n) is 5.20. The van der Waals surface area contributed by atoms with Gasteiger partial charge in [0.15, 0.2) is 0 Å². The molecule has 1 amide bonds. The number of morpholine rings is 1. The second-order valence-corrected chi connectivity index (χ2v) is 13.8. The highest BCUT2D eigenvalue weighted by Gasteiger charge is 2.44. The van der Waals surface area contributed by atoms with Crippen molar-refractivity contribution in [1.82, 2.24) is 4.67 Å². The quantitative estimate of drug-likeness (QED) is 0.224. The minimum absolute atomic E-state index is 0.0537. The smallest absolute Gasteiger partial charge is 0.269 e. The van der Waals surface area contributed by atoms with Gasteiger partial charge in [0.2, 0.25) is 0 Å². The number of fused-ring (bicyclic) bond motifs is 1. The van der Waals surface area contributed by atoms with E-state index in [1.165, 1.54) is 23.5 Å². The normalized spacial score (nSPS) is 20.2. The summed E-state index contributed by atoms with van der Waals surface area (Å²) in [5, 5.41) is 19.8. The van der Waals surface area contributed by atoms with Gasteiger partial charge in [-0.05, 0) is 48.2 Å². The summed E-state index contributed by atoms with van der Waals surface area (Å²) in [6.07, 6.45) is 0. The second-order valence-electron chi connectivity index (χ2n) is 10.4. The minimum Gasteiger partial charge on any atom is -0.379 e. The summed E-state index contributed by atoms with van der Waals surface area (Å²) >= 11 is 1.33. The SMILES string of the molecule is C[C@@H]1N(C)c2cc(NC(=O)c3cccs3)c([P@](=O)(Nc3ccc([N+](=O)[O-])cc3)N3CCOCC3)cc2C1(C)C. The Hall–Kier alpha value is -3.24. The third kappa shape index (κ3) is 4.96. The molecular formula is C27H32N5O5PS. The summed E-state index contributed by atoms with van der Waals surface area (Å²) in [4.78, 5) is 26.7. The summed E-state index contributed by atoms with van der Waals surface area (Å²) in [5.41, 5.74) is 2.67. The molecule has 1 saturated heterocycles. The molecule has 0 bridgehead atoms. The van der Waals surface area contributed by atoms with Crippen LogP contribution in [0.5, 0.6) is 0 Å². The topological polar surface area (TPSA) is 117 Å². The van der Waals surface area contributed by atoms with E-state index >= 15 is 4.57 Å². The number of rotatable bonds is 7. The van der Waals surface area contributed by atoms with Crippen molar-refractivity contribution < 1.29 is 19.0 Å². The van der Waals surface area contributed by atoms with E-state index < -0.39 is 12.4 Å². The molecule has 0 saturated carbocycles. The number of nitro benzene ring substituents is 1. The molecule has 0 aliphatic carbocycles. The molecule has 0 spiro atoms. The van der Waals surface area contributed by atoms with Crippen LogP contribution in [0.4, 0.5) is 22.7 Å². The highest BCUT2D eigenvalue weighted by Crippen LogP contribution is 2.54. The van der Waals surface area contributed by atoms with Gasteiger partial charge in [0.05, 0.1) is 34.0 Å². The van der Waals surface area contributed by atoms with Crippen molar-refractivity contribution in [3.05, 3.63) is 74.5 Å². The Morgan fingerprint density at radius 3 is 2.49 bits per heavy atom. The number of amides is 1. The lowest BCUT2D eigenvalue weighted by Crippen LogP contribution is -2.40. The minimum atomic E-state index is -3.60. The number of nitrogens with one attached hydrogen (secondary N) is 2. The van der Waals surface area contributed by atoms with Gasteiger partial charge < -0.3 is 20.0 Å². The second kappa shape index (κ2) is 10.4. The zero-order chi connectivity index (χ0) is 27.9. The lowest BCUT2D eigenvalue weighted by Gasteiger charge is -2.36. The largest absolute Gasteiger partial charge is 0.379 e. The highest BCUT2D eigenvalue weighted by molar-refractivity contribution is 7.71. The number of thiophene rings is 1. The molecule has 2 aliphatic rings. The highest BCUT2D eigenvalue weighted by atomic mass is 32.1. The van der Waals surface area contributed by atoms with E-state index in [0.29, 0.717) is 47.9 Å². The van der Waals surface area contributed by atoms with Crippen LogP contribution in [0.2, 0.25) is 0 Å². The summed E-state index contributed by atoms with van der Waals surface area (Å²) in [6, 6.07) is 13.5. The average Bonchev–Trinajstić information content (AvgIpc) is 3.52. The molecule has 12 heteroatoms. The number of hydrogen-bond donors (Lipinski definition) is 2. The van der Waals surface area contributed by atoms with E-state index in [1.54, 1.807) is 18.2 Å². The first kappa shape index (κ1) is 27.3. The van der Waals surface area contributed by atoms with Crippen molar-refractivity contribution >= 4 is 52.7 Å². The van der Waals surface area contributed by atoms with Gasteiger partial charge in [0, 0.05) is 55.1 Å². The zero-order valence-electron chi connectivity index (χ0n) is 22.3. The number of benzene rings is 2. The molecule has 2 aliphatic heterocycles. The maximum absolute atomic E-state index is 15.3. The number of likely N-dealkylation sites (N-methyl/N-ethyl adjacent to an activating group) is 1. The zero-order valence-corrected chi connectivity index (χ0v) is 24.1. The van der Waals surface area contributed by atoms with E-state index in [2.05, 4.69) is 36.1 Å². The molecule has 3 aromatic rings. The van der Waals surface area contributed by atoms with Crippen LogP contribution in [0.3, 0.4) is 0 Å². The van der Waals surface area contributed by atoms with Crippen LogP contribution in [0.1, 0.15) is 36.0 Å². The standard InChI is InChI=1S/C27H32N5O5PS/c1-18-27(2,3)21-16-24(22(17-23(21)30(18)4)28-26(33)25-6-5-15-39-25)38(36,31-11-13-37-14-12-31)29-19-7-9-20(10-8-19)32(34)35/h5-10,15-18H,11-14H2,1-4H3,(H,28,33)(H,29,36)/t18-,38-/m0/s1. The third-order valence-electron chi connectivity index (χ3n) is 7.88. The Morgan fingerprint density at radius 2 is 1.87 bits per heavy atom. The molecule has 39 heavy (non-hydrogen) atoms. The summed E-state index contributed by atoms with van der Waals surface area (Å²) in [7, 11) is -1.58. The van der Waals surface area contributed by atoms with E-state index in [1.807, 2.05) is 35.3 Å². The number of hydrogen-bond acceptors (Lipinski definition) is 7. The monoisotopic (exact) mass is 569 g/mol. The van der Waals surface area contributed by atoms with Gasteiger partial charge in [-0.2, -0.15) is 0 Å². The van der Waals surface area contributed by atoms with Crippen molar-refractivity contribution in [1.29, 1.82) is 0 Å². The van der Waals surface area contributed by atoms with Crippen molar-refractivity contribution in [2.45, 2.75) is 32.2 Å². The molecule has 2 N–H and O–H groups in total. The van der Waals surface area contributed by atoms with Gasteiger partial charge in [-0.1, -0.05) is 19.9 Å². The number of carbonyl (C=O) groups is 1. The molecule has 2 atom stereocenters. The van der Waals surface area contributed by atoms with Crippen LogP contribution in [0.25, 0.3) is 0 Å². The number of nitrogens with zero attached hydrogens (tertiary/aromatic N) is 3. The van der Waals surface area contributed by atoms with Crippen molar-refractivity contribution in [3.8, 4) is 0 Å². The third-order valence-corrected chi connectivity index (χ3v) is 11.5. The Bertz CT molecular complexity index is 1440. The molecule has 10 nitrogen and oxygen atoms in total. The van der Waals surface area contributed by atoms with Gasteiger partial charge in [0.25, 0.3) is 19.0 Å². The van der Waals surface area contributed by atoms with Gasteiger partial charge in [-0.25, -0.2) is 4.67 Å². The molecule has 2 aromatic carbocycles. The number of carbonyl (C=O) groups excluding carboxylic acids is 1. The van der Waals surface area contributed by atoms with Crippen LogP contribution in [0.15, 0.2) is 53.9 Å². The molecule has 0 unspecified atom stereocenters. The molecule has 3 heterocycles. The Labute approximate surface area is 231 Å². The van der Waals surface area contributed by atoms with Crippen molar-refractivity contribution in [3.63, 3.8) is 0 Å². The van der Waals surface area contributed by atoms with E-state index in [9.17, 15) is 14.9 Å². The first-order valence-electron chi connectivity index (χ1n) is 12.7. The van der Waals surface area contributed by atoms with Crippen LogP contribution < -0.4 is 20.6 Å². The van der Waals surface area contributed by atoms with Crippen LogP contribution >= 0.6 is 18.8 Å². The molecule has 1 fully saturated rings. The van der Waals surface area contributed by atoms with Crippen LogP contribution in [0, 0.1) is 10.1 Å². The lowest BCUT2D eigenvalue weighted by atomic mass is 9.81. The summed E-state index contributed by atoms with van der Waals surface area (Å²) in [5.74, 6) is -0.275. The predicted octanol–water partition coefficient (Wildman–Crippen LogP) is 5.29. The van der Waals surface area contributed by atoms with Crippen LogP contribution in [-0.2, 0) is 14.7 Å². The maximum Gasteiger partial charge on any atom is 0.269 e. The van der Waals surface area contributed by atoms with Gasteiger partial charge in [-0.15, -0.1) is 11.3 Å². The number of non-ortho nitro benzene ring substituents is 1. The average molecular weight is 570 g/mol. The molecule has 1 aromatic heterocycles. The van der Waals surface area contributed by atoms with E-state index in [-0.39, 0.29) is 23.1 Å². The first-order valence-corrected chi connectivity index (χ1v) is 15.3. The first-order chi connectivity index (χ1) is 18.5. The molecule has 206 valence electrons. The van der Waals surface area contributed by atoms with Gasteiger partial charge >= 0.3 is 0 Å². The van der Waals surface area contributed by atoms with E-state index in [0.717, 1.165) is 11.3 Å². The summed E-state index contributed by atoms with van der Waals surface area (Å²) in [6.45, 7) is 8.16. The summed E-state index contributed by atoms with van der Waals surface area (Å²) < 4.78 is 22.7. The molecular weight excluding hydrogens is 537 g/mol. The number of nitro groups is 1. The Kier molecular flexibility index (Phi) is 7.28. The van der Waals surface area contributed by atoms with E-state index in [4.69, 9.17) is 4.74 Å². The molecule has 5 rings (SSSR count). The fourth-order valence-corrected chi connectivity index (χ4v) is 8.36. The van der Waals surface area contributed by atoms with Crippen molar-refractivity contribution in [2.75, 3.05) is 48.7 Å². The maximum atomic E-state index is 15.3. The molecule has 0 radical (unpaired) electrons.